The van der Waals surface area contributed by atoms with E-state index in [2.05, 4.69) is 0 Å². The molecule has 1 aromatic carbocycles. The normalized spacial score (nSPS) is 15.7. The second-order valence-electron chi connectivity index (χ2n) is 3.81. The molecule has 0 aromatic heterocycles. The lowest BCUT2D eigenvalue weighted by atomic mass is 10.1. The number of rotatable bonds is 3. The molecule has 6 nitrogen and oxygen atoms in total. The van der Waals surface area contributed by atoms with E-state index in [4.69, 9.17) is 19.3 Å². The molecular formula is C12H14O6. The Bertz CT molecular complexity index is 456. The van der Waals surface area contributed by atoms with Crippen LogP contribution in [0.4, 0.5) is 0 Å². The van der Waals surface area contributed by atoms with Crippen LogP contribution < -0.4 is 14.2 Å². The van der Waals surface area contributed by atoms with Gasteiger partial charge in [0.15, 0.2) is 17.6 Å². The SMILES string of the molecule is COc1c(C(O)C(=O)O)ccc2c1OCCCO2. The minimum atomic E-state index is -1.66. The lowest BCUT2D eigenvalue weighted by Crippen LogP contribution is -2.12. The fourth-order valence-electron chi connectivity index (χ4n) is 1.78. The second-order valence-corrected chi connectivity index (χ2v) is 3.81. The first kappa shape index (κ1) is 12.5. The zero-order chi connectivity index (χ0) is 13.1. The van der Waals surface area contributed by atoms with Crippen molar-refractivity contribution in [2.75, 3.05) is 20.3 Å². The third-order valence-electron chi connectivity index (χ3n) is 2.63. The first-order valence-corrected chi connectivity index (χ1v) is 5.52. The Balaban J connectivity index is 2.49. The number of hydrogen-bond acceptors (Lipinski definition) is 5. The van der Waals surface area contributed by atoms with E-state index in [9.17, 15) is 9.90 Å². The summed E-state index contributed by atoms with van der Waals surface area (Å²) in [6.45, 7) is 0.979. The van der Waals surface area contributed by atoms with Crippen LogP contribution in [0, 0.1) is 0 Å². The van der Waals surface area contributed by atoms with Crippen LogP contribution in [0.25, 0.3) is 0 Å². The van der Waals surface area contributed by atoms with Crippen LogP contribution in [0.2, 0.25) is 0 Å². The van der Waals surface area contributed by atoms with Crippen LogP contribution in [0.15, 0.2) is 12.1 Å². The summed E-state index contributed by atoms with van der Waals surface area (Å²) < 4.78 is 16.1. The molecule has 1 aliphatic heterocycles. The molecule has 0 radical (unpaired) electrons. The zero-order valence-electron chi connectivity index (χ0n) is 9.88. The minimum Gasteiger partial charge on any atom is -0.492 e. The van der Waals surface area contributed by atoms with Gasteiger partial charge in [0, 0.05) is 12.0 Å². The fraction of sp³-hybridized carbons (Fsp3) is 0.417. The van der Waals surface area contributed by atoms with Gasteiger partial charge in [-0.05, 0) is 12.1 Å². The van der Waals surface area contributed by atoms with Crippen LogP contribution in [0.3, 0.4) is 0 Å². The Labute approximate surface area is 104 Å². The number of aliphatic hydroxyl groups excluding tert-OH is 1. The van der Waals surface area contributed by atoms with E-state index in [1.165, 1.54) is 13.2 Å². The standard InChI is InChI=1S/C12H14O6/c1-16-10-7(9(13)12(14)15)3-4-8-11(10)18-6-2-5-17-8/h3-4,9,13H,2,5-6H2,1H3,(H,14,15). The molecule has 1 heterocycles. The van der Waals surface area contributed by atoms with E-state index in [0.717, 1.165) is 6.42 Å². The summed E-state index contributed by atoms with van der Waals surface area (Å²) in [5.74, 6) is -0.314. The number of carboxylic acids is 1. The van der Waals surface area contributed by atoms with Gasteiger partial charge < -0.3 is 24.4 Å². The van der Waals surface area contributed by atoms with Gasteiger partial charge in [-0.15, -0.1) is 0 Å². The molecule has 1 aromatic rings. The van der Waals surface area contributed by atoms with Gasteiger partial charge in [0.1, 0.15) is 0 Å². The molecule has 0 bridgehead atoms. The molecule has 0 amide bonds. The maximum atomic E-state index is 10.8. The molecule has 18 heavy (non-hydrogen) atoms. The van der Waals surface area contributed by atoms with Crippen LogP contribution in [-0.4, -0.2) is 36.5 Å². The quantitative estimate of drug-likeness (QED) is 0.836. The number of fused-ring (bicyclic) bond motifs is 1. The first-order valence-electron chi connectivity index (χ1n) is 5.52. The lowest BCUT2D eigenvalue weighted by molar-refractivity contribution is -0.147. The van der Waals surface area contributed by atoms with Crippen molar-refractivity contribution in [3.63, 3.8) is 0 Å². The van der Waals surface area contributed by atoms with Crippen LogP contribution in [-0.2, 0) is 4.79 Å². The Morgan fingerprint density at radius 1 is 1.39 bits per heavy atom. The van der Waals surface area contributed by atoms with Crippen molar-refractivity contribution in [3.8, 4) is 17.2 Å². The predicted octanol–water partition coefficient (Wildman–Crippen LogP) is 0.974. The first-order chi connectivity index (χ1) is 8.65. The topological polar surface area (TPSA) is 85.2 Å². The monoisotopic (exact) mass is 254 g/mol. The van der Waals surface area contributed by atoms with Crippen LogP contribution in [0.1, 0.15) is 18.1 Å². The summed E-state index contributed by atoms with van der Waals surface area (Å²) in [6, 6.07) is 3.04. The number of ether oxygens (including phenoxy) is 3. The molecular weight excluding hydrogens is 240 g/mol. The lowest BCUT2D eigenvalue weighted by Gasteiger charge is -2.16. The Hall–Kier alpha value is -1.95. The predicted molar refractivity (Wildman–Crippen MR) is 61.2 cm³/mol. The van der Waals surface area contributed by atoms with Gasteiger partial charge in [0.05, 0.1) is 20.3 Å². The number of benzene rings is 1. The molecule has 0 aliphatic carbocycles. The van der Waals surface area contributed by atoms with Crippen molar-refractivity contribution in [2.45, 2.75) is 12.5 Å². The molecule has 0 spiro atoms. The highest BCUT2D eigenvalue weighted by atomic mass is 16.5. The van der Waals surface area contributed by atoms with Crippen molar-refractivity contribution in [2.24, 2.45) is 0 Å². The summed E-state index contributed by atoms with van der Waals surface area (Å²) in [7, 11) is 1.39. The van der Waals surface area contributed by atoms with E-state index in [1.54, 1.807) is 6.07 Å². The van der Waals surface area contributed by atoms with E-state index in [0.29, 0.717) is 24.7 Å². The largest absolute Gasteiger partial charge is 0.492 e. The van der Waals surface area contributed by atoms with Gasteiger partial charge in [0.2, 0.25) is 5.75 Å². The third-order valence-corrected chi connectivity index (χ3v) is 2.63. The van der Waals surface area contributed by atoms with E-state index >= 15 is 0 Å². The van der Waals surface area contributed by atoms with Crippen molar-refractivity contribution in [1.29, 1.82) is 0 Å². The minimum absolute atomic E-state index is 0.147. The number of hydrogen-bond donors (Lipinski definition) is 2. The van der Waals surface area contributed by atoms with E-state index in [-0.39, 0.29) is 11.3 Å². The second kappa shape index (κ2) is 5.14. The molecule has 6 heteroatoms. The molecule has 1 atom stereocenters. The molecule has 0 fully saturated rings. The third kappa shape index (κ3) is 2.19. The molecule has 1 aliphatic rings. The van der Waals surface area contributed by atoms with Gasteiger partial charge in [0.25, 0.3) is 0 Å². The van der Waals surface area contributed by atoms with Crippen molar-refractivity contribution < 1.29 is 29.2 Å². The van der Waals surface area contributed by atoms with Crippen molar-refractivity contribution >= 4 is 5.97 Å². The Morgan fingerprint density at radius 3 is 2.78 bits per heavy atom. The average molecular weight is 254 g/mol. The summed E-state index contributed by atoms with van der Waals surface area (Å²) in [5, 5.41) is 18.4. The van der Waals surface area contributed by atoms with E-state index < -0.39 is 12.1 Å². The highest BCUT2D eigenvalue weighted by molar-refractivity contribution is 5.76. The molecule has 2 N–H and O–H groups in total. The van der Waals surface area contributed by atoms with Crippen molar-refractivity contribution in [1.82, 2.24) is 0 Å². The molecule has 98 valence electrons. The van der Waals surface area contributed by atoms with Crippen LogP contribution >= 0.6 is 0 Å². The number of carboxylic acid groups (broad SMARTS) is 1. The highest BCUT2D eigenvalue weighted by Gasteiger charge is 2.26. The molecule has 1 unspecified atom stereocenters. The number of aliphatic carboxylic acids is 1. The molecule has 0 saturated heterocycles. The maximum Gasteiger partial charge on any atom is 0.337 e. The van der Waals surface area contributed by atoms with Gasteiger partial charge in [-0.1, -0.05) is 0 Å². The Kier molecular flexibility index (Phi) is 3.57. The number of aliphatic hydroxyl groups is 1. The fourth-order valence-corrected chi connectivity index (χ4v) is 1.78. The maximum absolute atomic E-state index is 10.8. The highest BCUT2D eigenvalue weighted by Crippen LogP contribution is 2.43. The molecule has 0 saturated carbocycles. The van der Waals surface area contributed by atoms with Gasteiger partial charge in [-0.2, -0.15) is 0 Å². The summed E-state index contributed by atoms with van der Waals surface area (Å²) in [6.07, 6.45) is -0.925. The van der Waals surface area contributed by atoms with Gasteiger partial charge >= 0.3 is 5.97 Å². The zero-order valence-corrected chi connectivity index (χ0v) is 9.88. The van der Waals surface area contributed by atoms with Gasteiger partial charge in [-0.25, -0.2) is 4.79 Å². The molecule has 2 rings (SSSR count). The summed E-state index contributed by atoms with van der Waals surface area (Å²) in [4.78, 5) is 10.8. The van der Waals surface area contributed by atoms with E-state index in [1.807, 2.05) is 0 Å². The summed E-state index contributed by atoms with van der Waals surface area (Å²) >= 11 is 0. The van der Waals surface area contributed by atoms with Crippen molar-refractivity contribution in [3.05, 3.63) is 17.7 Å². The average Bonchev–Trinajstić information content (AvgIpc) is 2.61. The summed E-state index contributed by atoms with van der Waals surface area (Å²) in [5.41, 5.74) is 0.147. The number of methoxy groups -OCH3 is 1. The van der Waals surface area contributed by atoms with Gasteiger partial charge in [-0.3, -0.25) is 0 Å². The number of carbonyl (C=O) groups is 1. The van der Waals surface area contributed by atoms with Crippen LogP contribution in [0.5, 0.6) is 17.2 Å². The smallest absolute Gasteiger partial charge is 0.337 e. The Morgan fingerprint density at radius 2 is 2.11 bits per heavy atom.